The molecule has 5 rings (SSSR count). The molecule has 0 unspecified atom stereocenters. The van der Waals surface area contributed by atoms with Crippen molar-refractivity contribution in [2.75, 3.05) is 41.1 Å². The van der Waals surface area contributed by atoms with Gasteiger partial charge in [-0.15, -0.1) is 0 Å². The maximum absolute atomic E-state index is 13.5. The number of aliphatic hydroxyl groups excluding tert-OH is 1. The predicted molar refractivity (Wildman–Crippen MR) is 139 cm³/mol. The lowest BCUT2D eigenvalue weighted by Crippen LogP contribution is -2.31. The summed E-state index contributed by atoms with van der Waals surface area (Å²) in [7, 11) is 4.46. The van der Waals surface area contributed by atoms with Gasteiger partial charge < -0.3 is 38.3 Å². The molecule has 0 saturated carbocycles. The Balaban J connectivity index is 1.61. The Bertz CT molecular complexity index is 1390. The lowest BCUT2D eigenvalue weighted by molar-refractivity contribution is -0.139. The van der Waals surface area contributed by atoms with Crippen molar-refractivity contribution in [2.24, 2.45) is 0 Å². The summed E-state index contributed by atoms with van der Waals surface area (Å²) >= 11 is 0. The van der Waals surface area contributed by atoms with Crippen LogP contribution >= 0.6 is 0 Å². The van der Waals surface area contributed by atoms with Gasteiger partial charge in [0.15, 0.2) is 23.0 Å². The van der Waals surface area contributed by atoms with Crippen LogP contribution in [0.2, 0.25) is 0 Å². The van der Waals surface area contributed by atoms with Crippen LogP contribution < -0.4 is 23.7 Å². The zero-order valence-electron chi connectivity index (χ0n) is 21.9. The monoisotopic (exact) mass is 535 g/mol. The molecule has 2 aromatic carbocycles. The number of carbonyl (C=O) groups excluding carboxylic acids is 2. The molecule has 11 heteroatoms. The van der Waals surface area contributed by atoms with E-state index in [1.807, 2.05) is 10.8 Å². The summed E-state index contributed by atoms with van der Waals surface area (Å²) in [5.41, 5.74) is 0.798. The van der Waals surface area contributed by atoms with E-state index in [4.69, 9.17) is 23.7 Å². The van der Waals surface area contributed by atoms with E-state index in [-0.39, 0.29) is 17.9 Å². The first-order chi connectivity index (χ1) is 19.0. The Morgan fingerprint density at radius 1 is 1.00 bits per heavy atom. The van der Waals surface area contributed by atoms with Crippen LogP contribution in [0.25, 0.3) is 5.76 Å². The van der Waals surface area contributed by atoms with Gasteiger partial charge in [-0.1, -0.05) is 0 Å². The van der Waals surface area contributed by atoms with Gasteiger partial charge in [0.1, 0.15) is 19.0 Å². The highest BCUT2D eigenvalue weighted by Crippen LogP contribution is 2.46. The van der Waals surface area contributed by atoms with Crippen molar-refractivity contribution in [3.05, 3.63) is 65.8 Å². The lowest BCUT2D eigenvalue weighted by Gasteiger charge is -2.27. The van der Waals surface area contributed by atoms with E-state index in [2.05, 4.69) is 4.98 Å². The lowest BCUT2D eigenvalue weighted by atomic mass is 9.94. The number of hydrogen-bond acceptors (Lipinski definition) is 9. The Hall–Kier alpha value is -4.67. The van der Waals surface area contributed by atoms with Gasteiger partial charge in [0, 0.05) is 31.0 Å². The van der Waals surface area contributed by atoms with Crippen molar-refractivity contribution in [3.63, 3.8) is 0 Å². The molecule has 2 aliphatic heterocycles. The zero-order valence-corrected chi connectivity index (χ0v) is 21.9. The highest BCUT2D eigenvalue weighted by molar-refractivity contribution is 6.46. The molecule has 39 heavy (non-hydrogen) atoms. The number of fused-ring (bicyclic) bond motifs is 1. The fourth-order valence-corrected chi connectivity index (χ4v) is 4.91. The number of aryl methyl sites for hydroxylation is 1. The second-order valence-electron chi connectivity index (χ2n) is 8.96. The van der Waals surface area contributed by atoms with Crippen molar-refractivity contribution in [1.82, 2.24) is 14.5 Å². The van der Waals surface area contributed by atoms with Crippen molar-refractivity contribution >= 4 is 17.4 Å². The molecular weight excluding hydrogens is 506 g/mol. The maximum Gasteiger partial charge on any atom is 0.295 e. The van der Waals surface area contributed by atoms with E-state index in [1.54, 1.807) is 42.9 Å². The smallest absolute Gasteiger partial charge is 0.295 e. The van der Waals surface area contributed by atoms with Crippen LogP contribution in [0.15, 0.2) is 54.6 Å². The topological polar surface area (TPSA) is 122 Å². The standard InChI is InChI=1S/C28H29N3O8/c1-35-21-14-18(15-22(36-2)27(21)37-3)24-23(25(32)17-5-6-19-20(13-17)39-12-11-38-19)26(33)28(34)31(24)9-4-8-30-10-7-29-16-30/h5-7,10,13-16,24,32H,4,8-9,11-12H2,1-3H3/t24-/m1/s1. The molecule has 1 N–H and O–H groups in total. The molecule has 1 amide bonds. The Kier molecular flexibility index (Phi) is 7.31. The van der Waals surface area contributed by atoms with E-state index < -0.39 is 17.7 Å². The van der Waals surface area contributed by atoms with Crippen LogP contribution in [0, 0.1) is 0 Å². The fourth-order valence-electron chi connectivity index (χ4n) is 4.91. The average Bonchev–Trinajstić information content (AvgIpc) is 3.58. The molecule has 1 aromatic heterocycles. The summed E-state index contributed by atoms with van der Waals surface area (Å²) in [6.07, 6.45) is 5.74. The number of benzene rings is 2. The van der Waals surface area contributed by atoms with E-state index in [1.165, 1.54) is 26.2 Å². The number of aromatic nitrogens is 2. The maximum atomic E-state index is 13.5. The number of ketones is 1. The number of nitrogens with zero attached hydrogens (tertiary/aromatic N) is 3. The molecule has 1 atom stereocenters. The van der Waals surface area contributed by atoms with Crippen LogP contribution in [-0.4, -0.2) is 72.3 Å². The van der Waals surface area contributed by atoms with Crippen LogP contribution in [-0.2, 0) is 16.1 Å². The van der Waals surface area contributed by atoms with Gasteiger partial charge in [0.05, 0.1) is 39.3 Å². The largest absolute Gasteiger partial charge is 0.507 e. The number of imidazole rings is 1. The number of likely N-dealkylation sites (tertiary alicyclic amines) is 1. The zero-order chi connectivity index (χ0) is 27.5. The van der Waals surface area contributed by atoms with E-state index in [0.29, 0.717) is 66.1 Å². The molecule has 0 aliphatic carbocycles. The third-order valence-electron chi connectivity index (χ3n) is 6.73. The third kappa shape index (κ3) is 4.83. The second-order valence-corrected chi connectivity index (χ2v) is 8.96. The SMILES string of the molecule is COc1cc([C@@H]2C(=C(O)c3ccc4c(c3)OCCO4)C(=O)C(=O)N2CCCn2ccnc2)cc(OC)c1OC. The number of carbonyl (C=O) groups is 2. The molecule has 1 fully saturated rings. The minimum absolute atomic E-state index is 0.0476. The summed E-state index contributed by atoms with van der Waals surface area (Å²) < 4.78 is 29.6. The molecule has 0 bridgehead atoms. The average molecular weight is 536 g/mol. The number of amides is 1. The minimum Gasteiger partial charge on any atom is -0.507 e. The molecule has 1 saturated heterocycles. The Labute approximate surface area is 225 Å². The first-order valence-electron chi connectivity index (χ1n) is 12.4. The van der Waals surface area contributed by atoms with Crippen molar-refractivity contribution in [2.45, 2.75) is 19.0 Å². The quantitative estimate of drug-likeness (QED) is 0.250. The van der Waals surface area contributed by atoms with Crippen molar-refractivity contribution < 1.29 is 38.4 Å². The van der Waals surface area contributed by atoms with E-state index in [9.17, 15) is 14.7 Å². The van der Waals surface area contributed by atoms with Crippen LogP contribution in [0.3, 0.4) is 0 Å². The first kappa shape index (κ1) is 26.0. The van der Waals surface area contributed by atoms with Gasteiger partial charge in [-0.2, -0.15) is 0 Å². The van der Waals surface area contributed by atoms with Crippen LogP contribution in [0.5, 0.6) is 28.7 Å². The summed E-state index contributed by atoms with van der Waals surface area (Å²) in [5.74, 6) is 0.254. The van der Waals surface area contributed by atoms with Gasteiger partial charge in [-0.3, -0.25) is 9.59 Å². The fraction of sp³-hybridized carbons (Fsp3) is 0.321. The molecule has 3 heterocycles. The van der Waals surface area contributed by atoms with Crippen molar-refractivity contribution in [3.8, 4) is 28.7 Å². The van der Waals surface area contributed by atoms with E-state index >= 15 is 0 Å². The summed E-state index contributed by atoms with van der Waals surface area (Å²) in [5, 5.41) is 11.5. The van der Waals surface area contributed by atoms with Gasteiger partial charge in [0.2, 0.25) is 5.75 Å². The predicted octanol–water partition coefficient (Wildman–Crippen LogP) is 3.19. The summed E-state index contributed by atoms with van der Waals surface area (Å²) in [6, 6.07) is 7.34. The number of hydrogen-bond donors (Lipinski definition) is 1. The molecule has 3 aromatic rings. The third-order valence-corrected chi connectivity index (χ3v) is 6.73. The first-order valence-corrected chi connectivity index (χ1v) is 12.4. The molecule has 0 radical (unpaired) electrons. The molecule has 0 spiro atoms. The van der Waals surface area contributed by atoms with Gasteiger partial charge in [-0.05, 0) is 42.3 Å². The second kappa shape index (κ2) is 11.0. The van der Waals surface area contributed by atoms with Crippen LogP contribution in [0.1, 0.15) is 23.6 Å². The van der Waals surface area contributed by atoms with Gasteiger partial charge in [-0.25, -0.2) is 4.98 Å². The number of Topliss-reactive ketones (excluding diaryl/α,β-unsaturated/α-hetero) is 1. The minimum atomic E-state index is -0.908. The van der Waals surface area contributed by atoms with Gasteiger partial charge in [0.25, 0.3) is 11.7 Å². The normalized spacial score (nSPS) is 17.8. The Morgan fingerprint density at radius 3 is 2.36 bits per heavy atom. The molecular formula is C28H29N3O8. The molecule has 2 aliphatic rings. The number of methoxy groups -OCH3 is 3. The van der Waals surface area contributed by atoms with Crippen molar-refractivity contribution in [1.29, 1.82) is 0 Å². The molecule has 204 valence electrons. The number of ether oxygens (including phenoxy) is 5. The van der Waals surface area contributed by atoms with E-state index in [0.717, 1.165) is 0 Å². The van der Waals surface area contributed by atoms with Gasteiger partial charge >= 0.3 is 0 Å². The highest BCUT2D eigenvalue weighted by atomic mass is 16.6. The Morgan fingerprint density at radius 2 is 1.72 bits per heavy atom. The highest BCUT2D eigenvalue weighted by Gasteiger charge is 2.46. The summed E-state index contributed by atoms with van der Waals surface area (Å²) in [4.78, 5) is 32.3. The number of rotatable bonds is 9. The number of aliphatic hydroxyl groups is 1. The molecule has 11 nitrogen and oxygen atoms in total. The summed E-state index contributed by atoms with van der Waals surface area (Å²) in [6.45, 7) is 1.63. The van der Waals surface area contributed by atoms with Crippen LogP contribution in [0.4, 0.5) is 0 Å².